The molecule has 1 aromatic heterocycles. The van der Waals surface area contributed by atoms with Crippen LogP contribution in [0.1, 0.15) is 17.4 Å². The highest BCUT2D eigenvalue weighted by Gasteiger charge is 2.18. The van der Waals surface area contributed by atoms with Crippen molar-refractivity contribution in [2.24, 2.45) is 0 Å². The minimum Gasteiger partial charge on any atom is -0.365 e. The Labute approximate surface area is 111 Å². The number of fused-ring (bicyclic) bond motifs is 1. The highest BCUT2D eigenvalue weighted by atomic mass is 32.1. The summed E-state index contributed by atoms with van der Waals surface area (Å²) in [7, 11) is 0. The first-order chi connectivity index (χ1) is 8.83. The lowest BCUT2D eigenvalue weighted by Crippen LogP contribution is -2.35. The monoisotopic (exact) mass is 259 g/mol. The molecule has 1 atom stereocenters. The third kappa shape index (κ3) is 2.40. The van der Waals surface area contributed by atoms with Crippen molar-refractivity contribution in [2.45, 2.75) is 26.1 Å². The van der Waals surface area contributed by atoms with Gasteiger partial charge in [-0.05, 0) is 18.6 Å². The average Bonchev–Trinajstić information content (AvgIpc) is 2.83. The van der Waals surface area contributed by atoms with Crippen molar-refractivity contribution in [3.8, 4) is 0 Å². The van der Waals surface area contributed by atoms with Gasteiger partial charge in [0.05, 0.1) is 12.1 Å². The molecule has 0 saturated carbocycles. The topological polar surface area (TPSA) is 28.2 Å². The SMILES string of the molecule is CC1CN(Cc2cncs2)c2ccccc2CN1. The fourth-order valence-electron chi connectivity index (χ4n) is 2.40. The maximum absolute atomic E-state index is 4.16. The first-order valence-corrected chi connectivity index (χ1v) is 7.14. The summed E-state index contributed by atoms with van der Waals surface area (Å²) in [6.45, 7) is 5.19. The number of benzene rings is 1. The number of hydrogen-bond donors (Lipinski definition) is 1. The van der Waals surface area contributed by atoms with Gasteiger partial charge in [0.15, 0.2) is 0 Å². The predicted molar refractivity (Wildman–Crippen MR) is 75.9 cm³/mol. The Balaban J connectivity index is 1.91. The zero-order chi connectivity index (χ0) is 12.4. The second-order valence-corrected chi connectivity index (χ2v) is 5.73. The lowest BCUT2D eigenvalue weighted by atomic mass is 10.1. The average molecular weight is 259 g/mol. The summed E-state index contributed by atoms with van der Waals surface area (Å²) in [4.78, 5) is 7.93. The Bertz CT molecular complexity index is 510. The van der Waals surface area contributed by atoms with Crippen molar-refractivity contribution in [3.05, 3.63) is 46.4 Å². The molecule has 0 spiro atoms. The first-order valence-electron chi connectivity index (χ1n) is 6.26. The molecule has 0 bridgehead atoms. The maximum atomic E-state index is 4.16. The van der Waals surface area contributed by atoms with E-state index in [-0.39, 0.29) is 0 Å². The van der Waals surface area contributed by atoms with E-state index in [2.05, 4.69) is 46.4 Å². The third-order valence-electron chi connectivity index (χ3n) is 3.30. The number of aromatic nitrogens is 1. The summed E-state index contributed by atoms with van der Waals surface area (Å²) in [6, 6.07) is 9.16. The van der Waals surface area contributed by atoms with E-state index >= 15 is 0 Å². The number of hydrogen-bond acceptors (Lipinski definition) is 4. The Morgan fingerprint density at radius 1 is 1.44 bits per heavy atom. The van der Waals surface area contributed by atoms with Gasteiger partial charge in [-0.15, -0.1) is 11.3 Å². The van der Waals surface area contributed by atoms with E-state index in [1.165, 1.54) is 16.1 Å². The van der Waals surface area contributed by atoms with E-state index in [1.54, 1.807) is 11.3 Å². The van der Waals surface area contributed by atoms with Crippen molar-refractivity contribution in [2.75, 3.05) is 11.4 Å². The molecule has 1 aromatic carbocycles. The first kappa shape index (κ1) is 11.7. The van der Waals surface area contributed by atoms with Crippen molar-refractivity contribution < 1.29 is 0 Å². The van der Waals surface area contributed by atoms with Gasteiger partial charge in [0.25, 0.3) is 0 Å². The molecule has 3 rings (SSSR count). The summed E-state index contributed by atoms with van der Waals surface area (Å²) in [5.74, 6) is 0. The molecule has 0 saturated heterocycles. The van der Waals surface area contributed by atoms with E-state index in [0.717, 1.165) is 19.6 Å². The van der Waals surface area contributed by atoms with Gasteiger partial charge < -0.3 is 10.2 Å². The molecule has 94 valence electrons. The Kier molecular flexibility index (Phi) is 3.30. The quantitative estimate of drug-likeness (QED) is 0.898. The molecular weight excluding hydrogens is 242 g/mol. The van der Waals surface area contributed by atoms with E-state index in [9.17, 15) is 0 Å². The number of nitrogens with one attached hydrogen (secondary N) is 1. The van der Waals surface area contributed by atoms with Crippen molar-refractivity contribution in [1.29, 1.82) is 0 Å². The molecule has 1 aliphatic heterocycles. The molecule has 1 aliphatic rings. The van der Waals surface area contributed by atoms with Crippen LogP contribution in [0.4, 0.5) is 5.69 Å². The van der Waals surface area contributed by atoms with Gasteiger partial charge in [-0.25, -0.2) is 0 Å². The van der Waals surface area contributed by atoms with Gasteiger partial charge in [-0.3, -0.25) is 4.98 Å². The van der Waals surface area contributed by atoms with Crippen LogP contribution < -0.4 is 10.2 Å². The Morgan fingerprint density at radius 3 is 3.17 bits per heavy atom. The van der Waals surface area contributed by atoms with Crippen LogP contribution in [0.2, 0.25) is 0 Å². The van der Waals surface area contributed by atoms with Gasteiger partial charge in [-0.2, -0.15) is 0 Å². The predicted octanol–water partition coefficient (Wildman–Crippen LogP) is 2.64. The summed E-state index contributed by atoms with van der Waals surface area (Å²) < 4.78 is 0. The van der Waals surface area contributed by atoms with Gasteiger partial charge in [0, 0.05) is 35.9 Å². The molecule has 1 N–H and O–H groups in total. The van der Waals surface area contributed by atoms with Crippen LogP contribution in [-0.4, -0.2) is 17.6 Å². The van der Waals surface area contributed by atoms with E-state index in [0.29, 0.717) is 6.04 Å². The van der Waals surface area contributed by atoms with Crippen LogP contribution in [0.3, 0.4) is 0 Å². The molecule has 0 radical (unpaired) electrons. The largest absolute Gasteiger partial charge is 0.365 e. The van der Waals surface area contributed by atoms with Crippen LogP contribution in [0, 0.1) is 0 Å². The lowest BCUT2D eigenvalue weighted by Gasteiger charge is -2.25. The van der Waals surface area contributed by atoms with Crippen molar-refractivity contribution in [1.82, 2.24) is 10.3 Å². The minimum absolute atomic E-state index is 0.505. The molecule has 18 heavy (non-hydrogen) atoms. The van der Waals surface area contributed by atoms with Crippen LogP contribution >= 0.6 is 11.3 Å². The maximum Gasteiger partial charge on any atom is 0.0794 e. The van der Waals surface area contributed by atoms with Crippen LogP contribution in [0.15, 0.2) is 36.0 Å². The molecule has 2 heterocycles. The molecule has 3 nitrogen and oxygen atoms in total. The second kappa shape index (κ2) is 5.08. The number of para-hydroxylation sites is 1. The highest BCUT2D eigenvalue weighted by Crippen LogP contribution is 2.25. The number of thiazole rings is 1. The molecule has 1 unspecified atom stereocenters. The van der Waals surface area contributed by atoms with E-state index in [4.69, 9.17) is 0 Å². The van der Waals surface area contributed by atoms with Gasteiger partial charge in [-0.1, -0.05) is 18.2 Å². The molecule has 4 heteroatoms. The lowest BCUT2D eigenvalue weighted by molar-refractivity contribution is 0.553. The van der Waals surface area contributed by atoms with Gasteiger partial charge >= 0.3 is 0 Å². The molecular formula is C14H17N3S. The van der Waals surface area contributed by atoms with Crippen molar-refractivity contribution >= 4 is 17.0 Å². The summed E-state index contributed by atoms with van der Waals surface area (Å²) in [5, 5.41) is 3.56. The number of nitrogens with zero attached hydrogens (tertiary/aromatic N) is 2. The molecule has 0 fully saturated rings. The highest BCUT2D eigenvalue weighted by molar-refractivity contribution is 7.09. The standard InChI is InChI=1S/C14H17N3S/c1-11-8-17(9-13-7-15-10-18-13)14-5-3-2-4-12(14)6-16-11/h2-5,7,10-11,16H,6,8-9H2,1H3. The zero-order valence-corrected chi connectivity index (χ0v) is 11.3. The summed E-state index contributed by atoms with van der Waals surface area (Å²) in [5.41, 5.74) is 4.63. The minimum atomic E-state index is 0.505. The fraction of sp³-hybridized carbons (Fsp3) is 0.357. The van der Waals surface area contributed by atoms with E-state index in [1.807, 2.05) is 11.7 Å². The summed E-state index contributed by atoms with van der Waals surface area (Å²) >= 11 is 1.73. The molecule has 0 amide bonds. The Morgan fingerprint density at radius 2 is 2.33 bits per heavy atom. The van der Waals surface area contributed by atoms with Gasteiger partial charge in [0.1, 0.15) is 0 Å². The summed E-state index contributed by atoms with van der Waals surface area (Å²) in [6.07, 6.45) is 1.97. The van der Waals surface area contributed by atoms with Gasteiger partial charge in [0.2, 0.25) is 0 Å². The van der Waals surface area contributed by atoms with E-state index < -0.39 is 0 Å². The number of anilines is 1. The fourth-order valence-corrected chi connectivity index (χ4v) is 3.01. The Hall–Kier alpha value is -1.39. The van der Waals surface area contributed by atoms with Crippen LogP contribution in [0.5, 0.6) is 0 Å². The van der Waals surface area contributed by atoms with Crippen LogP contribution in [0.25, 0.3) is 0 Å². The van der Waals surface area contributed by atoms with Crippen LogP contribution in [-0.2, 0) is 13.1 Å². The second-order valence-electron chi connectivity index (χ2n) is 4.76. The van der Waals surface area contributed by atoms with Crippen molar-refractivity contribution in [3.63, 3.8) is 0 Å². The normalized spacial score (nSPS) is 19.4. The molecule has 2 aromatic rings. The smallest absolute Gasteiger partial charge is 0.0794 e. The zero-order valence-electron chi connectivity index (χ0n) is 10.5. The third-order valence-corrected chi connectivity index (χ3v) is 4.06. The molecule has 0 aliphatic carbocycles. The number of rotatable bonds is 2.